The number of amides is 1. The van der Waals surface area contributed by atoms with Crippen LogP contribution in [0.1, 0.15) is 22.1 Å². The van der Waals surface area contributed by atoms with E-state index in [0.717, 1.165) is 16.0 Å². The van der Waals surface area contributed by atoms with Crippen molar-refractivity contribution in [3.63, 3.8) is 0 Å². The maximum absolute atomic E-state index is 11.7. The van der Waals surface area contributed by atoms with Gasteiger partial charge in [-0.2, -0.15) is 0 Å². The highest BCUT2D eigenvalue weighted by Crippen LogP contribution is 2.16. The molecule has 2 N–H and O–H groups in total. The lowest BCUT2D eigenvalue weighted by atomic mass is 10.1. The first-order chi connectivity index (χ1) is 9.66. The number of hydrogen-bond donors (Lipinski definition) is 2. The zero-order chi connectivity index (χ0) is 14.4. The zero-order valence-corrected chi connectivity index (χ0v) is 12.1. The molecule has 1 unspecified atom stereocenters. The SMILES string of the molecule is Cc1ccsc1/C=C/C(=O)NCC(O)c1ccccc1. The van der Waals surface area contributed by atoms with E-state index < -0.39 is 6.10 Å². The van der Waals surface area contributed by atoms with E-state index in [4.69, 9.17) is 0 Å². The number of aryl methyl sites for hydroxylation is 1. The van der Waals surface area contributed by atoms with Gasteiger partial charge in [-0.05, 0) is 35.6 Å². The second-order valence-electron chi connectivity index (χ2n) is 4.47. The largest absolute Gasteiger partial charge is 0.387 e. The summed E-state index contributed by atoms with van der Waals surface area (Å²) in [7, 11) is 0. The second kappa shape index (κ2) is 7.03. The monoisotopic (exact) mass is 287 g/mol. The van der Waals surface area contributed by atoms with E-state index in [1.807, 2.05) is 48.7 Å². The standard InChI is InChI=1S/C16H17NO2S/c1-12-9-10-20-15(12)7-8-16(19)17-11-14(18)13-5-3-2-4-6-13/h2-10,14,18H,11H2,1H3,(H,17,19)/b8-7+. The summed E-state index contributed by atoms with van der Waals surface area (Å²) in [6.07, 6.45) is 2.61. The van der Waals surface area contributed by atoms with E-state index in [9.17, 15) is 9.90 Å². The van der Waals surface area contributed by atoms with Crippen LogP contribution in [0.4, 0.5) is 0 Å². The van der Waals surface area contributed by atoms with Crippen LogP contribution in [0, 0.1) is 6.92 Å². The van der Waals surface area contributed by atoms with Crippen LogP contribution in [0.25, 0.3) is 6.08 Å². The minimum atomic E-state index is -0.683. The zero-order valence-electron chi connectivity index (χ0n) is 11.2. The van der Waals surface area contributed by atoms with Crippen molar-refractivity contribution < 1.29 is 9.90 Å². The highest BCUT2D eigenvalue weighted by atomic mass is 32.1. The Kier molecular flexibility index (Phi) is 5.09. The van der Waals surface area contributed by atoms with Crippen LogP contribution in [0.5, 0.6) is 0 Å². The molecule has 4 heteroatoms. The molecule has 104 valence electrons. The molecular formula is C16H17NO2S. The van der Waals surface area contributed by atoms with Gasteiger partial charge in [-0.15, -0.1) is 11.3 Å². The van der Waals surface area contributed by atoms with Crippen molar-refractivity contribution in [3.8, 4) is 0 Å². The first-order valence-corrected chi connectivity index (χ1v) is 7.28. The van der Waals surface area contributed by atoms with Gasteiger partial charge in [-0.25, -0.2) is 0 Å². The lowest BCUT2D eigenvalue weighted by Crippen LogP contribution is -2.26. The van der Waals surface area contributed by atoms with Gasteiger partial charge in [0.25, 0.3) is 0 Å². The van der Waals surface area contributed by atoms with Gasteiger partial charge in [0.15, 0.2) is 0 Å². The highest BCUT2D eigenvalue weighted by Gasteiger charge is 2.07. The molecule has 0 aliphatic heterocycles. The van der Waals surface area contributed by atoms with Crippen molar-refractivity contribution in [1.29, 1.82) is 0 Å². The van der Waals surface area contributed by atoms with E-state index in [2.05, 4.69) is 5.32 Å². The summed E-state index contributed by atoms with van der Waals surface area (Å²) in [4.78, 5) is 12.8. The van der Waals surface area contributed by atoms with Gasteiger partial charge in [0.2, 0.25) is 5.91 Å². The molecule has 0 aliphatic rings. The smallest absolute Gasteiger partial charge is 0.244 e. The number of aliphatic hydroxyl groups excluding tert-OH is 1. The third-order valence-corrected chi connectivity index (χ3v) is 3.93. The molecule has 0 fully saturated rings. The Morgan fingerprint density at radius 1 is 1.35 bits per heavy atom. The molecule has 1 atom stereocenters. The predicted octanol–water partition coefficient (Wildman–Crippen LogP) is 2.92. The molecule has 1 aromatic carbocycles. The number of nitrogens with one attached hydrogen (secondary N) is 1. The molecule has 2 aromatic rings. The summed E-state index contributed by atoms with van der Waals surface area (Å²) >= 11 is 1.60. The van der Waals surface area contributed by atoms with Crippen molar-refractivity contribution >= 4 is 23.3 Å². The lowest BCUT2D eigenvalue weighted by molar-refractivity contribution is -0.116. The van der Waals surface area contributed by atoms with Gasteiger partial charge in [0, 0.05) is 17.5 Å². The molecule has 2 rings (SSSR count). The van der Waals surface area contributed by atoms with Crippen LogP contribution >= 0.6 is 11.3 Å². The van der Waals surface area contributed by atoms with E-state index in [1.165, 1.54) is 6.08 Å². The molecule has 1 amide bonds. The highest BCUT2D eigenvalue weighted by molar-refractivity contribution is 7.11. The van der Waals surface area contributed by atoms with Gasteiger partial charge in [0.1, 0.15) is 0 Å². The number of carbonyl (C=O) groups is 1. The molecule has 0 saturated carbocycles. The maximum Gasteiger partial charge on any atom is 0.244 e. The fourth-order valence-corrected chi connectivity index (χ4v) is 2.58. The number of benzene rings is 1. The topological polar surface area (TPSA) is 49.3 Å². The normalized spacial score (nSPS) is 12.5. The Balaban J connectivity index is 1.84. The van der Waals surface area contributed by atoms with Crippen LogP contribution in [0.2, 0.25) is 0 Å². The van der Waals surface area contributed by atoms with E-state index in [-0.39, 0.29) is 12.5 Å². The van der Waals surface area contributed by atoms with Crippen molar-refractivity contribution in [2.45, 2.75) is 13.0 Å². The van der Waals surface area contributed by atoms with E-state index in [0.29, 0.717) is 0 Å². The predicted molar refractivity (Wildman–Crippen MR) is 82.5 cm³/mol. The molecule has 0 spiro atoms. The Hall–Kier alpha value is -1.91. The number of aliphatic hydroxyl groups is 1. The molecule has 1 aromatic heterocycles. The molecule has 3 nitrogen and oxygen atoms in total. The van der Waals surface area contributed by atoms with Crippen molar-refractivity contribution in [1.82, 2.24) is 5.32 Å². The average molecular weight is 287 g/mol. The quantitative estimate of drug-likeness (QED) is 0.831. The Morgan fingerprint density at radius 3 is 2.75 bits per heavy atom. The van der Waals surface area contributed by atoms with Crippen molar-refractivity contribution in [2.75, 3.05) is 6.54 Å². The summed E-state index contributed by atoms with van der Waals surface area (Å²) < 4.78 is 0. The summed E-state index contributed by atoms with van der Waals surface area (Å²) in [5.41, 5.74) is 1.95. The summed E-state index contributed by atoms with van der Waals surface area (Å²) in [6, 6.07) is 11.3. The van der Waals surface area contributed by atoms with Crippen LogP contribution < -0.4 is 5.32 Å². The van der Waals surface area contributed by atoms with Gasteiger partial charge < -0.3 is 10.4 Å². The van der Waals surface area contributed by atoms with Crippen LogP contribution in [0.3, 0.4) is 0 Å². The summed E-state index contributed by atoms with van der Waals surface area (Å²) in [5.74, 6) is -0.201. The van der Waals surface area contributed by atoms with Gasteiger partial charge in [-0.1, -0.05) is 30.3 Å². The molecular weight excluding hydrogens is 270 g/mol. The first kappa shape index (κ1) is 14.5. The fourth-order valence-electron chi connectivity index (χ4n) is 1.76. The molecule has 0 aliphatic carbocycles. The second-order valence-corrected chi connectivity index (χ2v) is 5.42. The average Bonchev–Trinajstić information content (AvgIpc) is 2.89. The van der Waals surface area contributed by atoms with Crippen molar-refractivity contribution in [3.05, 3.63) is 63.9 Å². The summed E-state index contributed by atoms with van der Waals surface area (Å²) in [5, 5.41) is 14.6. The minimum absolute atomic E-state index is 0.201. The fraction of sp³-hybridized carbons (Fsp3) is 0.188. The van der Waals surface area contributed by atoms with Gasteiger partial charge in [0.05, 0.1) is 6.10 Å². The number of rotatable bonds is 5. The minimum Gasteiger partial charge on any atom is -0.387 e. The number of thiophene rings is 1. The Labute approximate surface area is 122 Å². The van der Waals surface area contributed by atoms with Gasteiger partial charge in [-0.3, -0.25) is 4.79 Å². The molecule has 0 bridgehead atoms. The van der Waals surface area contributed by atoms with E-state index >= 15 is 0 Å². The number of hydrogen-bond acceptors (Lipinski definition) is 3. The van der Waals surface area contributed by atoms with E-state index in [1.54, 1.807) is 17.4 Å². The van der Waals surface area contributed by atoms with Crippen LogP contribution in [-0.4, -0.2) is 17.6 Å². The van der Waals surface area contributed by atoms with Crippen LogP contribution in [-0.2, 0) is 4.79 Å². The van der Waals surface area contributed by atoms with Crippen LogP contribution in [0.15, 0.2) is 47.9 Å². The molecule has 20 heavy (non-hydrogen) atoms. The third-order valence-electron chi connectivity index (χ3n) is 2.94. The lowest BCUT2D eigenvalue weighted by Gasteiger charge is -2.10. The summed E-state index contributed by atoms with van der Waals surface area (Å²) in [6.45, 7) is 2.21. The first-order valence-electron chi connectivity index (χ1n) is 6.40. The molecule has 0 radical (unpaired) electrons. The number of carbonyl (C=O) groups excluding carboxylic acids is 1. The third kappa shape index (κ3) is 4.05. The Bertz CT molecular complexity index is 590. The molecule has 0 saturated heterocycles. The Morgan fingerprint density at radius 2 is 2.10 bits per heavy atom. The van der Waals surface area contributed by atoms with Gasteiger partial charge >= 0.3 is 0 Å². The molecule has 1 heterocycles. The van der Waals surface area contributed by atoms with Crippen molar-refractivity contribution in [2.24, 2.45) is 0 Å². The maximum atomic E-state index is 11.7.